The van der Waals surface area contributed by atoms with Gasteiger partial charge in [0.15, 0.2) is 0 Å². The molecule has 0 spiro atoms. The van der Waals surface area contributed by atoms with Crippen LogP contribution in [0.5, 0.6) is 5.75 Å². The smallest absolute Gasteiger partial charge is 0.123 e. The molecule has 1 saturated heterocycles. The molecule has 0 saturated carbocycles. The predicted octanol–water partition coefficient (Wildman–Crippen LogP) is 5.64. The molecule has 2 aromatic rings. The summed E-state index contributed by atoms with van der Waals surface area (Å²) in [7, 11) is 4.37. The van der Waals surface area contributed by atoms with Crippen molar-refractivity contribution in [2.45, 2.75) is 77.8 Å². The van der Waals surface area contributed by atoms with Crippen LogP contribution in [0.2, 0.25) is 0 Å². The van der Waals surface area contributed by atoms with Crippen LogP contribution in [-0.4, -0.2) is 53.1 Å². The van der Waals surface area contributed by atoms with Gasteiger partial charge in [-0.1, -0.05) is 41.5 Å². The van der Waals surface area contributed by atoms with Crippen LogP contribution in [0.25, 0.3) is 11.3 Å². The fourth-order valence-corrected chi connectivity index (χ4v) is 5.07. The van der Waals surface area contributed by atoms with Gasteiger partial charge >= 0.3 is 0 Å². The third-order valence-corrected chi connectivity index (χ3v) is 7.05. The fraction of sp³-hybridized carbons (Fsp3) is 0.640. The Balaban J connectivity index is 1.84. The lowest BCUT2D eigenvalue weighted by Crippen LogP contribution is -2.41. The summed E-state index contributed by atoms with van der Waals surface area (Å²) in [5.74, 6) is 0.429. The number of phenolic OH excluding ortho intramolecular Hbond substituents is 1. The lowest BCUT2D eigenvalue weighted by molar-refractivity contribution is 0.140. The molecule has 0 bridgehead atoms. The van der Waals surface area contributed by atoms with Crippen LogP contribution < -0.4 is 0 Å². The summed E-state index contributed by atoms with van der Waals surface area (Å²) >= 11 is 1.75. The Morgan fingerprint density at radius 2 is 1.57 bits per heavy atom. The van der Waals surface area contributed by atoms with E-state index in [2.05, 4.69) is 83.0 Å². The molecule has 1 aromatic heterocycles. The molecule has 0 unspecified atom stereocenters. The first-order chi connectivity index (χ1) is 13.9. The highest BCUT2D eigenvalue weighted by atomic mass is 32.1. The van der Waals surface area contributed by atoms with Gasteiger partial charge < -0.3 is 10.0 Å². The van der Waals surface area contributed by atoms with E-state index in [-0.39, 0.29) is 10.8 Å². The number of rotatable bonds is 4. The summed E-state index contributed by atoms with van der Waals surface area (Å²) in [6, 6.07) is 4.97. The van der Waals surface area contributed by atoms with Crippen molar-refractivity contribution >= 4 is 11.3 Å². The Kier molecular flexibility index (Phi) is 6.66. The highest BCUT2D eigenvalue weighted by molar-refractivity contribution is 7.09. The fourth-order valence-electron chi connectivity index (χ4n) is 4.23. The molecule has 4 nitrogen and oxygen atoms in total. The first-order valence-corrected chi connectivity index (χ1v) is 12.0. The molecule has 2 heterocycles. The molecule has 30 heavy (non-hydrogen) atoms. The van der Waals surface area contributed by atoms with E-state index in [4.69, 9.17) is 4.98 Å². The average molecular weight is 430 g/mol. The largest absolute Gasteiger partial charge is 0.507 e. The van der Waals surface area contributed by atoms with Gasteiger partial charge in [0.05, 0.1) is 12.2 Å². The molecule has 3 rings (SSSR count). The van der Waals surface area contributed by atoms with Crippen LogP contribution in [0.3, 0.4) is 0 Å². The Morgan fingerprint density at radius 1 is 1.03 bits per heavy atom. The second-order valence-corrected chi connectivity index (χ2v) is 12.0. The van der Waals surface area contributed by atoms with Crippen LogP contribution in [-0.2, 0) is 17.4 Å². The van der Waals surface area contributed by atoms with Gasteiger partial charge in [0, 0.05) is 41.2 Å². The third-order valence-electron chi connectivity index (χ3n) is 6.22. The SMILES string of the molecule is CN(C)C1CCN(Cc2nc(-c3cc(C(C)(C)C)c(O)c(C(C)(C)C)c3)cs2)CC1. The van der Waals surface area contributed by atoms with Gasteiger partial charge in [-0.05, 0) is 49.9 Å². The van der Waals surface area contributed by atoms with Crippen molar-refractivity contribution in [2.75, 3.05) is 27.2 Å². The average Bonchev–Trinajstić information content (AvgIpc) is 3.09. The molecule has 1 fully saturated rings. The standard InChI is InChI=1S/C25H39N3OS/c1-24(2,3)19-13-17(14-20(23(19)29)25(4,5)6)21-16-30-22(26-21)15-28-11-9-18(10-12-28)27(7)8/h13-14,16,18,29H,9-12,15H2,1-8H3. The van der Waals surface area contributed by atoms with Gasteiger partial charge in [-0.3, -0.25) is 4.90 Å². The van der Waals surface area contributed by atoms with Crippen LogP contribution in [0.15, 0.2) is 17.5 Å². The number of phenols is 1. The number of aromatic nitrogens is 1. The normalized spacial score (nSPS) is 17.1. The zero-order chi connectivity index (χ0) is 22.3. The van der Waals surface area contributed by atoms with Gasteiger partial charge in [0.1, 0.15) is 10.8 Å². The summed E-state index contributed by atoms with van der Waals surface area (Å²) in [6.07, 6.45) is 2.46. The number of aromatic hydroxyl groups is 1. The zero-order valence-corrected chi connectivity index (χ0v) is 20.9. The second-order valence-electron chi connectivity index (χ2n) is 11.0. The topological polar surface area (TPSA) is 39.6 Å². The van der Waals surface area contributed by atoms with Gasteiger partial charge in [-0.15, -0.1) is 11.3 Å². The lowest BCUT2D eigenvalue weighted by atomic mass is 9.78. The van der Waals surface area contributed by atoms with Gasteiger partial charge in [-0.2, -0.15) is 0 Å². The minimum Gasteiger partial charge on any atom is -0.507 e. The minimum atomic E-state index is -0.129. The number of likely N-dealkylation sites (tertiary alicyclic amines) is 1. The number of benzene rings is 1. The molecular weight excluding hydrogens is 390 g/mol. The van der Waals surface area contributed by atoms with Crippen molar-refractivity contribution in [3.05, 3.63) is 33.6 Å². The first kappa shape index (κ1) is 23.2. The lowest BCUT2D eigenvalue weighted by Gasteiger charge is -2.34. The Labute approximate surface area is 186 Å². The first-order valence-electron chi connectivity index (χ1n) is 11.1. The number of hydrogen-bond acceptors (Lipinski definition) is 5. The molecule has 1 aromatic carbocycles. The van der Waals surface area contributed by atoms with E-state index in [9.17, 15) is 5.11 Å². The molecular formula is C25H39N3OS. The number of thiazole rings is 1. The number of nitrogens with zero attached hydrogens (tertiary/aromatic N) is 3. The van der Waals surface area contributed by atoms with E-state index in [1.807, 2.05) is 0 Å². The van der Waals surface area contributed by atoms with Crippen molar-refractivity contribution in [3.63, 3.8) is 0 Å². The van der Waals surface area contributed by atoms with Gasteiger partial charge in [0.25, 0.3) is 0 Å². The van der Waals surface area contributed by atoms with Crippen LogP contribution >= 0.6 is 11.3 Å². The summed E-state index contributed by atoms with van der Waals surface area (Å²) in [5.41, 5.74) is 3.85. The van der Waals surface area contributed by atoms with Crippen molar-refractivity contribution in [1.29, 1.82) is 0 Å². The summed E-state index contributed by atoms with van der Waals surface area (Å²) in [4.78, 5) is 9.87. The molecule has 1 N–H and O–H groups in total. The second kappa shape index (κ2) is 8.60. The van der Waals surface area contributed by atoms with E-state index in [0.29, 0.717) is 11.8 Å². The molecule has 1 aliphatic heterocycles. The predicted molar refractivity (Wildman–Crippen MR) is 129 cm³/mol. The number of piperidine rings is 1. The van der Waals surface area contributed by atoms with E-state index in [0.717, 1.165) is 42.0 Å². The summed E-state index contributed by atoms with van der Waals surface area (Å²) < 4.78 is 0. The van der Waals surface area contributed by atoms with E-state index < -0.39 is 0 Å². The molecule has 5 heteroatoms. The highest BCUT2D eigenvalue weighted by Gasteiger charge is 2.27. The van der Waals surface area contributed by atoms with Crippen LogP contribution in [0, 0.1) is 0 Å². The maximum atomic E-state index is 11.0. The molecule has 0 amide bonds. The molecule has 0 radical (unpaired) electrons. The third kappa shape index (κ3) is 5.24. The quantitative estimate of drug-likeness (QED) is 0.683. The molecule has 0 atom stereocenters. The minimum absolute atomic E-state index is 0.129. The van der Waals surface area contributed by atoms with E-state index >= 15 is 0 Å². The summed E-state index contributed by atoms with van der Waals surface area (Å²) in [5, 5.41) is 14.3. The van der Waals surface area contributed by atoms with E-state index in [1.54, 1.807) is 11.3 Å². The Hall–Kier alpha value is -1.43. The van der Waals surface area contributed by atoms with Crippen molar-refractivity contribution in [3.8, 4) is 17.0 Å². The van der Waals surface area contributed by atoms with Gasteiger partial charge in [-0.25, -0.2) is 4.98 Å². The Bertz CT molecular complexity index is 830. The van der Waals surface area contributed by atoms with E-state index in [1.165, 1.54) is 17.8 Å². The number of hydrogen-bond donors (Lipinski definition) is 1. The molecule has 166 valence electrons. The van der Waals surface area contributed by atoms with Crippen molar-refractivity contribution in [2.24, 2.45) is 0 Å². The van der Waals surface area contributed by atoms with Crippen LogP contribution in [0.4, 0.5) is 0 Å². The van der Waals surface area contributed by atoms with Gasteiger partial charge in [0.2, 0.25) is 0 Å². The highest BCUT2D eigenvalue weighted by Crippen LogP contribution is 2.42. The van der Waals surface area contributed by atoms with Crippen molar-refractivity contribution in [1.82, 2.24) is 14.8 Å². The monoisotopic (exact) mass is 429 g/mol. The molecule has 1 aliphatic rings. The summed E-state index contributed by atoms with van der Waals surface area (Å²) in [6.45, 7) is 16.1. The Morgan fingerprint density at radius 3 is 2.03 bits per heavy atom. The maximum Gasteiger partial charge on any atom is 0.123 e. The molecule has 0 aliphatic carbocycles. The maximum absolute atomic E-state index is 11.0. The van der Waals surface area contributed by atoms with Crippen molar-refractivity contribution < 1.29 is 5.11 Å². The zero-order valence-electron chi connectivity index (χ0n) is 20.0. The van der Waals surface area contributed by atoms with Crippen LogP contribution in [0.1, 0.15) is 70.5 Å².